The van der Waals surface area contributed by atoms with Crippen molar-refractivity contribution in [1.29, 1.82) is 0 Å². The fourth-order valence-electron chi connectivity index (χ4n) is 1.82. The van der Waals surface area contributed by atoms with E-state index in [9.17, 15) is 4.79 Å². The lowest BCUT2D eigenvalue weighted by Crippen LogP contribution is -2.24. The van der Waals surface area contributed by atoms with Crippen molar-refractivity contribution in [3.63, 3.8) is 0 Å². The summed E-state index contributed by atoms with van der Waals surface area (Å²) in [4.78, 5) is 19.2. The van der Waals surface area contributed by atoms with Crippen LogP contribution in [0.25, 0.3) is 0 Å². The standard InChI is InChI=1S/C11H9N5O2/c17-10(18)8-5-9(7-3-1-2-4-12-7)16-11(15-8)13-6-14-16/h1-6,9H,(H,17,18)(H,13,14,15)/t9-/m0/s1. The summed E-state index contributed by atoms with van der Waals surface area (Å²) in [5, 5.41) is 15.8. The molecule has 3 rings (SSSR count). The van der Waals surface area contributed by atoms with Crippen molar-refractivity contribution >= 4 is 11.9 Å². The van der Waals surface area contributed by atoms with Crippen LogP contribution < -0.4 is 5.32 Å². The Morgan fingerprint density at radius 1 is 1.39 bits per heavy atom. The maximum atomic E-state index is 11.1. The average molecular weight is 243 g/mol. The van der Waals surface area contributed by atoms with Gasteiger partial charge in [-0.3, -0.25) is 4.98 Å². The number of nitrogens with zero attached hydrogens (tertiary/aromatic N) is 4. The predicted molar refractivity (Wildman–Crippen MR) is 61.7 cm³/mol. The van der Waals surface area contributed by atoms with Crippen molar-refractivity contribution in [1.82, 2.24) is 19.7 Å². The molecule has 2 aromatic heterocycles. The molecule has 0 bridgehead atoms. The lowest BCUT2D eigenvalue weighted by atomic mass is 10.1. The number of pyridine rings is 1. The van der Waals surface area contributed by atoms with Crippen LogP contribution in [-0.4, -0.2) is 30.8 Å². The number of hydrogen-bond acceptors (Lipinski definition) is 5. The van der Waals surface area contributed by atoms with E-state index in [-0.39, 0.29) is 11.7 Å². The van der Waals surface area contributed by atoms with E-state index in [1.807, 2.05) is 12.1 Å². The molecule has 0 radical (unpaired) electrons. The third-order valence-electron chi connectivity index (χ3n) is 2.63. The van der Waals surface area contributed by atoms with E-state index in [4.69, 9.17) is 5.11 Å². The summed E-state index contributed by atoms with van der Waals surface area (Å²) in [5.74, 6) is -0.643. The van der Waals surface area contributed by atoms with Crippen molar-refractivity contribution in [2.75, 3.05) is 5.32 Å². The molecule has 1 aliphatic rings. The van der Waals surface area contributed by atoms with Gasteiger partial charge in [-0.05, 0) is 18.2 Å². The van der Waals surface area contributed by atoms with Crippen LogP contribution in [-0.2, 0) is 4.79 Å². The topological polar surface area (TPSA) is 92.9 Å². The molecule has 18 heavy (non-hydrogen) atoms. The predicted octanol–water partition coefficient (Wildman–Crippen LogP) is 0.656. The van der Waals surface area contributed by atoms with Gasteiger partial charge < -0.3 is 10.4 Å². The minimum Gasteiger partial charge on any atom is -0.477 e. The van der Waals surface area contributed by atoms with E-state index >= 15 is 0 Å². The molecule has 0 saturated heterocycles. The highest BCUT2D eigenvalue weighted by molar-refractivity contribution is 5.90. The highest BCUT2D eigenvalue weighted by atomic mass is 16.4. The highest BCUT2D eigenvalue weighted by Gasteiger charge is 2.25. The average Bonchev–Trinajstić information content (AvgIpc) is 2.86. The number of nitrogens with one attached hydrogen (secondary N) is 1. The van der Waals surface area contributed by atoms with Gasteiger partial charge in [-0.2, -0.15) is 10.1 Å². The third kappa shape index (κ3) is 1.61. The Labute approximate surface area is 102 Å². The number of allylic oxidation sites excluding steroid dienone is 1. The molecule has 0 unspecified atom stereocenters. The summed E-state index contributed by atoms with van der Waals surface area (Å²) in [6.07, 6.45) is 4.59. The molecule has 2 N–H and O–H groups in total. The van der Waals surface area contributed by atoms with Crippen molar-refractivity contribution in [2.24, 2.45) is 0 Å². The summed E-state index contributed by atoms with van der Waals surface area (Å²) in [6, 6.07) is 5.09. The zero-order chi connectivity index (χ0) is 12.5. The highest BCUT2D eigenvalue weighted by Crippen LogP contribution is 2.26. The molecular formula is C11H9N5O2. The normalized spacial score (nSPS) is 17.6. The van der Waals surface area contributed by atoms with Crippen LogP contribution in [0.4, 0.5) is 5.95 Å². The van der Waals surface area contributed by atoms with Crippen LogP contribution in [0, 0.1) is 0 Å². The number of carboxylic acid groups (broad SMARTS) is 1. The van der Waals surface area contributed by atoms with Crippen LogP contribution in [0.5, 0.6) is 0 Å². The molecule has 1 atom stereocenters. The Morgan fingerprint density at radius 2 is 2.28 bits per heavy atom. The molecule has 1 aliphatic heterocycles. The number of carboxylic acids is 1. The molecule has 7 heteroatoms. The van der Waals surface area contributed by atoms with Crippen molar-refractivity contribution in [3.05, 3.63) is 48.2 Å². The number of fused-ring (bicyclic) bond motifs is 1. The summed E-state index contributed by atoms with van der Waals surface area (Å²) in [5.41, 5.74) is 0.788. The maximum Gasteiger partial charge on any atom is 0.352 e. The van der Waals surface area contributed by atoms with E-state index in [1.165, 1.54) is 6.33 Å². The quantitative estimate of drug-likeness (QED) is 0.804. The second-order valence-electron chi connectivity index (χ2n) is 3.74. The number of anilines is 1. The maximum absolute atomic E-state index is 11.1. The second kappa shape index (κ2) is 3.95. The first-order valence-electron chi connectivity index (χ1n) is 5.28. The molecule has 3 heterocycles. The molecule has 0 amide bonds. The summed E-state index contributed by atoms with van der Waals surface area (Å²) in [7, 11) is 0. The van der Waals surface area contributed by atoms with Crippen molar-refractivity contribution < 1.29 is 9.90 Å². The van der Waals surface area contributed by atoms with Crippen LogP contribution in [0.2, 0.25) is 0 Å². The summed E-state index contributed by atoms with van der Waals surface area (Å²) in [6.45, 7) is 0. The van der Waals surface area contributed by atoms with E-state index in [2.05, 4.69) is 20.4 Å². The van der Waals surface area contributed by atoms with Gasteiger partial charge in [-0.25, -0.2) is 9.48 Å². The summed E-state index contributed by atoms with van der Waals surface area (Å²) < 4.78 is 1.59. The molecule has 0 spiro atoms. The zero-order valence-electron chi connectivity index (χ0n) is 9.19. The SMILES string of the molecule is O=C(O)C1=C[C@@H](c2ccccn2)n2ncnc2N1. The van der Waals surface area contributed by atoms with Crippen molar-refractivity contribution in [3.8, 4) is 0 Å². The van der Waals surface area contributed by atoms with Crippen LogP contribution in [0.1, 0.15) is 11.7 Å². The van der Waals surface area contributed by atoms with Crippen LogP contribution in [0.3, 0.4) is 0 Å². The van der Waals surface area contributed by atoms with Gasteiger partial charge in [0.25, 0.3) is 0 Å². The van der Waals surface area contributed by atoms with Gasteiger partial charge in [0.1, 0.15) is 18.1 Å². The molecule has 0 saturated carbocycles. The van der Waals surface area contributed by atoms with E-state index in [0.29, 0.717) is 11.6 Å². The van der Waals surface area contributed by atoms with Gasteiger partial charge in [0.05, 0.1) is 5.69 Å². The molecule has 90 valence electrons. The Bertz CT molecular complexity index is 619. The minimum absolute atomic E-state index is 0.0751. The van der Waals surface area contributed by atoms with Gasteiger partial charge in [-0.1, -0.05) is 6.07 Å². The number of aromatic nitrogens is 4. The third-order valence-corrected chi connectivity index (χ3v) is 2.63. The first kappa shape index (κ1) is 10.5. The number of carbonyl (C=O) groups is 1. The number of aliphatic carboxylic acids is 1. The first-order chi connectivity index (χ1) is 8.75. The molecule has 0 aliphatic carbocycles. The molecule has 7 nitrogen and oxygen atoms in total. The lowest BCUT2D eigenvalue weighted by molar-refractivity contribution is -0.132. The molecular weight excluding hydrogens is 234 g/mol. The zero-order valence-corrected chi connectivity index (χ0v) is 9.19. The van der Waals surface area contributed by atoms with Gasteiger partial charge in [0.15, 0.2) is 0 Å². The lowest BCUT2D eigenvalue weighted by Gasteiger charge is -2.21. The molecule has 0 aromatic carbocycles. The number of rotatable bonds is 2. The summed E-state index contributed by atoms with van der Waals surface area (Å²) >= 11 is 0. The van der Waals surface area contributed by atoms with E-state index in [0.717, 1.165) is 0 Å². The Hall–Kier alpha value is -2.70. The van der Waals surface area contributed by atoms with E-state index in [1.54, 1.807) is 23.0 Å². The second-order valence-corrected chi connectivity index (χ2v) is 3.74. The first-order valence-corrected chi connectivity index (χ1v) is 5.28. The molecule has 0 fully saturated rings. The monoisotopic (exact) mass is 243 g/mol. The Kier molecular flexibility index (Phi) is 2.30. The minimum atomic E-state index is -1.04. The van der Waals surface area contributed by atoms with Crippen molar-refractivity contribution in [2.45, 2.75) is 6.04 Å². The van der Waals surface area contributed by atoms with Gasteiger partial charge >= 0.3 is 5.97 Å². The van der Waals surface area contributed by atoms with Gasteiger partial charge in [0, 0.05) is 6.20 Å². The number of hydrogen-bond donors (Lipinski definition) is 2. The Morgan fingerprint density at radius 3 is 3.00 bits per heavy atom. The fraction of sp³-hybridized carbons (Fsp3) is 0.0909. The van der Waals surface area contributed by atoms with Crippen LogP contribution >= 0.6 is 0 Å². The Balaban J connectivity index is 2.10. The van der Waals surface area contributed by atoms with E-state index < -0.39 is 5.97 Å². The van der Waals surface area contributed by atoms with Crippen LogP contribution in [0.15, 0.2) is 42.5 Å². The van der Waals surface area contributed by atoms with Gasteiger partial charge in [-0.15, -0.1) is 0 Å². The molecule has 2 aromatic rings. The largest absolute Gasteiger partial charge is 0.477 e. The smallest absolute Gasteiger partial charge is 0.352 e. The fourth-order valence-corrected chi connectivity index (χ4v) is 1.82. The van der Waals surface area contributed by atoms with Gasteiger partial charge in [0.2, 0.25) is 5.95 Å².